The van der Waals surface area contributed by atoms with Crippen molar-refractivity contribution in [1.29, 1.82) is 0 Å². The summed E-state index contributed by atoms with van der Waals surface area (Å²) in [5.41, 5.74) is 0.589. The average Bonchev–Trinajstić information content (AvgIpc) is 2.78. The van der Waals surface area contributed by atoms with Crippen LogP contribution in [0.3, 0.4) is 0 Å². The van der Waals surface area contributed by atoms with Crippen LogP contribution >= 0.6 is 11.8 Å². The van der Waals surface area contributed by atoms with E-state index >= 15 is 0 Å². The average molecular weight is 256 g/mol. The zero-order chi connectivity index (χ0) is 12.8. The summed E-state index contributed by atoms with van der Waals surface area (Å²) >= 11 is 1.67. The van der Waals surface area contributed by atoms with Crippen LogP contribution in [0.15, 0.2) is 6.20 Å². The van der Waals surface area contributed by atoms with Gasteiger partial charge in [0.25, 0.3) is 0 Å². The van der Waals surface area contributed by atoms with Crippen LogP contribution in [0, 0.1) is 0 Å². The highest BCUT2D eigenvalue weighted by Crippen LogP contribution is 2.21. The molecule has 1 rings (SSSR count). The molecule has 1 aromatic heterocycles. The molecule has 0 aliphatic heterocycles. The molecule has 0 bridgehead atoms. The Morgan fingerprint density at radius 1 is 1.59 bits per heavy atom. The molecule has 96 valence electrons. The van der Waals surface area contributed by atoms with Gasteiger partial charge in [-0.3, -0.25) is 9.48 Å². The van der Waals surface area contributed by atoms with Gasteiger partial charge in [0.05, 0.1) is 19.1 Å². The summed E-state index contributed by atoms with van der Waals surface area (Å²) < 4.78 is 6.86. The minimum absolute atomic E-state index is 0.0894. The van der Waals surface area contributed by atoms with Crippen molar-refractivity contribution in [2.75, 3.05) is 12.9 Å². The first-order valence-corrected chi connectivity index (χ1v) is 6.93. The molecule has 1 unspecified atom stereocenters. The SMILES string of the molecule is CCC(C)SCC(=O)c1c(OC)cnn1CC. The van der Waals surface area contributed by atoms with Crippen LogP contribution < -0.4 is 4.74 Å². The van der Waals surface area contributed by atoms with Gasteiger partial charge in [-0.25, -0.2) is 0 Å². The molecule has 0 spiro atoms. The minimum atomic E-state index is 0.0894. The van der Waals surface area contributed by atoms with Gasteiger partial charge in [-0.05, 0) is 13.3 Å². The smallest absolute Gasteiger partial charge is 0.194 e. The fraction of sp³-hybridized carbons (Fsp3) is 0.667. The van der Waals surface area contributed by atoms with E-state index in [9.17, 15) is 4.79 Å². The fourth-order valence-corrected chi connectivity index (χ4v) is 2.25. The van der Waals surface area contributed by atoms with Gasteiger partial charge >= 0.3 is 0 Å². The van der Waals surface area contributed by atoms with Crippen molar-refractivity contribution in [2.24, 2.45) is 0 Å². The molecular weight excluding hydrogens is 236 g/mol. The lowest BCUT2D eigenvalue weighted by molar-refractivity contribution is 0.100. The number of ether oxygens (including phenoxy) is 1. The summed E-state index contributed by atoms with van der Waals surface area (Å²) in [6, 6.07) is 0. The number of nitrogens with zero attached hydrogens (tertiary/aromatic N) is 2. The van der Waals surface area contributed by atoms with Crippen LogP contribution in [0.5, 0.6) is 5.75 Å². The minimum Gasteiger partial charge on any atom is -0.493 e. The molecule has 0 saturated heterocycles. The number of hydrogen-bond acceptors (Lipinski definition) is 4. The van der Waals surface area contributed by atoms with Gasteiger partial charge in [0.2, 0.25) is 0 Å². The molecule has 0 saturated carbocycles. The summed E-state index contributed by atoms with van der Waals surface area (Å²) in [4.78, 5) is 12.1. The van der Waals surface area contributed by atoms with Crippen LogP contribution in [-0.2, 0) is 6.54 Å². The second-order valence-electron chi connectivity index (χ2n) is 3.83. The number of ketones is 1. The van der Waals surface area contributed by atoms with E-state index in [0.717, 1.165) is 6.42 Å². The second-order valence-corrected chi connectivity index (χ2v) is 5.26. The van der Waals surface area contributed by atoms with E-state index in [1.165, 1.54) is 0 Å². The Labute approximate surface area is 107 Å². The monoisotopic (exact) mass is 256 g/mol. The highest BCUT2D eigenvalue weighted by atomic mass is 32.2. The predicted octanol–water partition coefficient (Wildman–Crippen LogP) is 2.63. The van der Waals surface area contributed by atoms with Gasteiger partial charge in [-0.2, -0.15) is 16.9 Å². The molecule has 0 radical (unpaired) electrons. The number of methoxy groups -OCH3 is 1. The summed E-state index contributed by atoms with van der Waals surface area (Å²) in [6.45, 7) is 6.90. The number of aromatic nitrogens is 2. The summed E-state index contributed by atoms with van der Waals surface area (Å²) in [5.74, 6) is 1.14. The number of rotatable bonds is 7. The lowest BCUT2D eigenvalue weighted by Gasteiger charge is -2.09. The maximum Gasteiger partial charge on any atom is 0.194 e. The van der Waals surface area contributed by atoms with Crippen molar-refractivity contribution in [3.8, 4) is 5.75 Å². The van der Waals surface area contributed by atoms with Gasteiger partial charge in [0.15, 0.2) is 11.5 Å². The zero-order valence-corrected chi connectivity index (χ0v) is 11.7. The molecule has 0 amide bonds. The fourth-order valence-electron chi connectivity index (χ4n) is 1.44. The van der Waals surface area contributed by atoms with Crippen LogP contribution in [0.2, 0.25) is 0 Å². The molecule has 4 nitrogen and oxygen atoms in total. The topological polar surface area (TPSA) is 44.1 Å². The lowest BCUT2D eigenvalue weighted by atomic mass is 10.3. The van der Waals surface area contributed by atoms with E-state index in [1.54, 1.807) is 29.8 Å². The molecule has 0 N–H and O–H groups in total. The van der Waals surface area contributed by atoms with E-state index in [1.807, 2.05) is 6.92 Å². The molecule has 5 heteroatoms. The molecule has 0 fully saturated rings. The Kier molecular flexibility index (Phi) is 5.55. The number of aryl methyl sites for hydroxylation is 1. The van der Waals surface area contributed by atoms with Crippen molar-refractivity contribution < 1.29 is 9.53 Å². The molecule has 17 heavy (non-hydrogen) atoms. The Bertz CT molecular complexity index is 355. The highest BCUT2D eigenvalue weighted by molar-refractivity contribution is 8.00. The maximum atomic E-state index is 12.1. The van der Waals surface area contributed by atoms with Crippen LogP contribution in [0.1, 0.15) is 37.7 Å². The third-order valence-electron chi connectivity index (χ3n) is 2.66. The van der Waals surface area contributed by atoms with Gasteiger partial charge < -0.3 is 4.74 Å². The van der Waals surface area contributed by atoms with Crippen LogP contribution in [0.25, 0.3) is 0 Å². The largest absolute Gasteiger partial charge is 0.493 e. The van der Waals surface area contributed by atoms with Crippen molar-refractivity contribution in [3.05, 3.63) is 11.9 Å². The van der Waals surface area contributed by atoms with E-state index < -0.39 is 0 Å². The van der Waals surface area contributed by atoms with E-state index in [-0.39, 0.29) is 5.78 Å². The lowest BCUT2D eigenvalue weighted by Crippen LogP contribution is -2.13. The van der Waals surface area contributed by atoms with Crippen molar-refractivity contribution >= 4 is 17.5 Å². The highest BCUT2D eigenvalue weighted by Gasteiger charge is 2.19. The third kappa shape index (κ3) is 3.49. The van der Waals surface area contributed by atoms with Crippen molar-refractivity contribution in [1.82, 2.24) is 9.78 Å². The van der Waals surface area contributed by atoms with Crippen molar-refractivity contribution in [2.45, 2.75) is 39.0 Å². The molecule has 1 atom stereocenters. The molecule has 1 heterocycles. The third-order valence-corrected chi connectivity index (χ3v) is 3.99. The molecule has 0 aliphatic carbocycles. The molecule has 0 aromatic carbocycles. The van der Waals surface area contributed by atoms with Crippen molar-refractivity contribution in [3.63, 3.8) is 0 Å². The summed E-state index contributed by atoms with van der Waals surface area (Å²) in [5, 5.41) is 4.64. The maximum absolute atomic E-state index is 12.1. The predicted molar refractivity (Wildman–Crippen MR) is 71.0 cm³/mol. The molecule has 0 aliphatic rings. The summed E-state index contributed by atoms with van der Waals surface area (Å²) in [7, 11) is 1.57. The van der Waals surface area contributed by atoms with E-state index in [2.05, 4.69) is 18.9 Å². The summed E-state index contributed by atoms with van der Waals surface area (Å²) in [6.07, 6.45) is 2.67. The number of Topliss-reactive ketones (excluding diaryl/α,β-unsaturated/α-hetero) is 1. The Balaban J connectivity index is 2.76. The first-order valence-electron chi connectivity index (χ1n) is 5.88. The number of thioether (sulfide) groups is 1. The van der Waals surface area contributed by atoms with Gasteiger partial charge in [-0.15, -0.1) is 0 Å². The Hall–Kier alpha value is -0.970. The molecule has 1 aromatic rings. The van der Waals surface area contributed by atoms with Crippen LogP contribution in [0.4, 0.5) is 0 Å². The van der Waals surface area contributed by atoms with Gasteiger partial charge in [-0.1, -0.05) is 13.8 Å². The number of carbonyl (C=O) groups excluding carboxylic acids is 1. The van der Waals surface area contributed by atoms with E-state index in [0.29, 0.717) is 29.0 Å². The number of carbonyl (C=O) groups is 1. The van der Waals surface area contributed by atoms with Gasteiger partial charge in [0, 0.05) is 11.8 Å². The first kappa shape index (κ1) is 14.1. The normalized spacial score (nSPS) is 12.5. The quantitative estimate of drug-likeness (QED) is 0.703. The first-order chi connectivity index (χ1) is 8.13. The Morgan fingerprint density at radius 2 is 2.29 bits per heavy atom. The number of hydrogen-bond donors (Lipinski definition) is 0. The Morgan fingerprint density at radius 3 is 2.82 bits per heavy atom. The second kappa shape index (κ2) is 6.69. The van der Waals surface area contributed by atoms with E-state index in [4.69, 9.17) is 4.74 Å². The molecular formula is C12H20N2O2S. The van der Waals surface area contributed by atoms with Gasteiger partial charge in [0.1, 0.15) is 5.69 Å². The zero-order valence-electron chi connectivity index (χ0n) is 10.9. The van der Waals surface area contributed by atoms with Crippen LogP contribution in [-0.4, -0.2) is 33.7 Å². The standard InChI is InChI=1S/C12H20N2O2S/c1-5-9(3)17-8-10(15)12-11(16-4)7-13-14(12)6-2/h7,9H,5-6,8H2,1-4H3.